The monoisotopic (exact) mass is 464 g/mol. The fraction of sp³-hybridized carbons (Fsp3) is 0.250. The Balaban J connectivity index is 1.85. The number of aryl methyl sites for hydroxylation is 2. The van der Waals surface area contributed by atoms with Gasteiger partial charge in [-0.3, -0.25) is 4.79 Å². The summed E-state index contributed by atoms with van der Waals surface area (Å²) in [6.45, 7) is 3.99. The van der Waals surface area contributed by atoms with Crippen molar-refractivity contribution in [3.05, 3.63) is 85.3 Å². The average Bonchev–Trinajstić information content (AvgIpc) is 2.69. The minimum Gasteiger partial charge on any atom is -0.487 e. The fourth-order valence-electron chi connectivity index (χ4n) is 2.77. The number of aromatic nitrogens is 3. The highest BCUT2D eigenvalue weighted by molar-refractivity contribution is 9.10. The number of pyridine rings is 1. The van der Waals surface area contributed by atoms with Gasteiger partial charge in [-0.15, -0.1) is 0 Å². The molecule has 0 amide bonds. The lowest BCUT2D eigenvalue weighted by Gasteiger charge is -2.15. The quantitative estimate of drug-likeness (QED) is 0.604. The van der Waals surface area contributed by atoms with Crippen molar-refractivity contribution >= 4 is 15.9 Å². The van der Waals surface area contributed by atoms with Gasteiger partial charge in [-0.2, -0.15) is 0 Å². The molecule has 1 aromatic carbocycles. The highest BCUT2D eigenvalue weighted by Gasteiger charge is 2.15. The van der Waals surface area contributed by atoms with Crippen molar-refractivity contribution in [3.8, 4) is 5.75 Å². The SMILES string of the molecule is Cc1nc(CN)ncc1Cn1c(C)cc(OCc2ccc(F)cc2F)c(Br)c1=O. The smallest absolute Gasteiger partial charge is 0.269 e. The molecule has 2 N–H and O–H groups in total. The molecule has 0 radical (unpaired) electrons. The molecule has 2 aromatic heterocycles. The maximum atomic E-state index is 13.8. The van der Waals surface area contributed by atoms with E-state index in [2.05, 4.69) is 25.9 Å². The second-order valence-corrected chi connectivity index (χ2v) is 7.27. The van der Waals surface area contributed by atoms with Gasteiger partial charge in [0.05, 0.1) is 13.1 Å². The highest BCUT2D eigenvalue weighted by Crippen LogP contribution is 2.24. The van der Waals surface area contributed by atoms with Crippen LogP contribution >= 0.6 is 15.9 Å². The van der Waals surface area contributed by atoms with Crippen molar-refractivity contribution < 1.29 is 13.5 Å². The van der Waals surface area contributed by atoms with E-state index in [9.17, 15) is 13.6 Å². The molecular formula is C20H19BrF2N4O2. The third-order valence-electron chi connectivity index (χ3n) is 4.46. The molecule has 6 nitrogen and oxygen atoms in total. The topological polar surface area (TPSA) is 83.0 Å². The molecule has 0 saturated heterocycles. The van der Waals surface area contributed by atoms with Gasteiger partial charge in [-0.25, -0.2) is 18.7 Å². The second kappa shape index (κ2) is 8.79. The maximum Gasteiger partial charge on any atom is 0.269 e. The third kappa shape index (κ3) is 4.68. The molecule has 0 aliphatic rings. The Bertz CT molecular complexity index is 1120. The van der Waals surface area contributed by atoms with Crippen LogP contribution in [0.15, 0.2) is 39.7 Å². The van der Waals surface area contributed by atoms with Crippen LogP contribution in [0.4, 0.5) is 8.78 Å². The summed E-state index contributed by atoms with van der Waals surface area (Å²) in [6.07, 6.45) is 1.66. The molecule has 0 fully saturated rings. The van der Waals surface area contributed by atoms with Crippen molar-refractivity contribution in [2.24, 2.45) is 5.73 Å². The van der Waals surface area contributed by atoms with Gasteiger partial charge in [0.1, 0.15) is 34.3 Å². The molecular weight excluding hydrogens is 446 g/mol. The van der Waals surface area contributed by atoms with Gasteiger partial charge in [0.15, 0.2) is 0 Å². The summed E-state index contributed by atoms with van der Waals surface area (Å²) < 4.78 is 34.2. The van der Waals surface area contributed by atoms with Crippen molar-refractivity contribution in [2.45, 2.75) is 33.5 Å². The number of hydrogen-bond donors (Lipinski definition) is 1. The lowest BCUT2D eigenvalue weighted by Crippen LogP contribution is -2.25. The van der Waals surface area contributed by atoms with E-state index >= 15 is 0 Å². The van der Waals surface area contributed by atoms with Crippen LogP contribution in [0.5, 0.6) is 5.75 Å². The largest absolute Gasteiger partial charge is 0.487 e. The molecule has 3 rings (SSSR count). The summed E-state index contributed by atoms with van der Waals surface area (Å²) in [5.74, 6) is -0.556. The summed E-state index contributed by atoms with van der Waals surface area (Å²) in [7, 11) is 0. The summed E-state index contributed by atoms with van der Waals surface area (Å²) in [5.41, 5.74) is 7.62. The lowest BCUT2D eigenvalue weighted by atomic mass is 10.2. The first kappa shape index (κ1) is 21.1. The average molecular weight is 465 g/mol. The van der Waals surface area contributed by atoms with E-state index < -0.39 is 11.6 Å². The van der Waals surface area contributed by atoms with Crippen LogP contribution in [0.2, 0.25) is 0 Å². The predicted molar refractivity (Wildman–Crippen MR) is 108 cm³/mol. The van der Waals surface area contributed by atoms with Gasteiger partial charge >= 0.3 is 0 Å². The van der Waals surface area contributed by atoms with Gasteiger partial charge in [-0.1, -0.05) is 0 Å². The molecule has 0 spiro atoms. The predicted octanol–water partition coefficient (Wildman–Crippen LogP) is 3.38. The van der Waals surface area contributed by atoms with E-state index in [0.29, 0.717) is 11.5 Å². The number of ether oxygens (including phenoxy) is 1. The summed E-state index contributed by atoms with van der Waals surface area (Å²) in [5, 5.41) is 0. The fourth-order valence-corrected chi connectivity index (χ4v) is 3.22. The Labute approximate surface area is 174 Å². The van der Waals surface area contributed by atoms with E-state index in [1.807, 2.05) is 6.92 Å². The summed E-state index contributed by atoms with van der Waals surface area (Å²) >= 11 is 3.26. The lowest BCUT2D eigenvalue weighted by molar-refractivity contribution is 0.295. The molecule has 0 aliphatic carbocycles. The first-order valence-electron chi connectivity index (χ1n) is 8.78. The van der Waals surface area contributed by atoms with Crippen molar-refractivity contribution in [1.29, 1.82) is 0 Å². The van der Waals surface area contributed by atoms with Crippen LogP contribution < -0.4 is 16.0 Å². The zero-order valence-electron chi connectivity index (χ0n) is 15.9. The van der Waals surface area contributed by atoms with Crippen LogP contribution in [-0.4, -0.2) is 14.5 Å². The molecule has 0 unspecified atom stereocenters. The first-order valence-corrected chi connectivity index (χ1v) is 9.57. The molecule has 0 atom stereocenters. The highest BCUT2D eigenvalue weighted by atomic mass is 79.9. The molecule has 0 saturated carbocycles. The van der Waals surface area contributed by atoms with Crippen LogP contribution in [0, 0.1) is 25.5 Å². The minimum absolute atomic E-state index is 0.138. The van der Waals surface area contributed by atoms with E-state index in [1.165, 1.54) is 6.07 Å². The second-order valence-electron chi connectivity index (χ2n) is 6.48. The van der Waals surface area contributed by atoms with E-state index in [-0.39, 0.29) is 41.0 Å². The molecule has 152 valence electrons. The number of hydrogen-bond acceptors (Lipinski definition) is 5. The summed E-state index contributed by atoms with van der Waals surface area (Å²) in [4.78, 5) is 21.3. The van der Waals surface area contributed by atoms with Gasteiger partial charge in [0, 0.05) is 40.8 Å². The van der Waals surface area contributed by atoms with Crippen LogP contribution in [0.1, 0.15) is 28.3 Å². The maximum absolute atomic E-state index is 13.8. The van der Waals surface area contributed by atoms with E-state index in [0.717, 1.165) is 23.4 Å². The summed E-state index contributed by atoms with van der Waals surface area (Å²) in [6, 6.07) is 4.93. The molecule has 3 aromatic rings. The Morgan fingerprint density at radius 3 is 2.62 bits per heavy atom. The molecule has 2 heterocycles. The molecule has 0 aliphatic heterocycles. The zero-order valence-corrected chi connectivity index (χ0v) is 17.5. The zero-order chi connectivity index (χ0) is 21.1. The Morgan fingerprint density at radius 2 is 1.97 bits per heavy atom. The minimum atomic E-state index is -0.706. The molecule has 9 heteroatoms. The van der Waals surface area contributed by atoms with Gasteiger partial charge < -0.3 is 15.0 Å². The number of nitrogens with two attached hydrogens (primary N) is 1. The van der Waals surface area contributed by atoms with Crippen LogP contribution in [0.25, 0.3) is 0 Å². The van der Waals surface area contributed by atoms with Crippen molar-refractivity contribution in [2.75, 3.05) is 0 Å². The van der Waals surface area contributed by atoms with E-state index in [4.69, 9.17) is 10.5 Å². The molecule has 0 bridgehead atoms. The molecule has 29 heavy (non-hydrogen) atoms. The van der Waals surface area contributed by atoms with Gasteiger partial charge in [0.25, 0.3) is 5.56 Å². The Hall–Kier alpha value is -2.65. The Kier molecular flexibility index (Phi) is 6.39. The van der Waals surface area contributed by atoms with Crippen molar-refractivity contribution in [1.82, 2.24) is 14.5 Å². The van der Waals surface area contributed by atoms with Gasteiger partial charge in [0.2, 0.25) is 0 Å². The van der Waals surface area contributed by atoms with Crippen molar-refractivity contribution in [3.63, 3.8) is 0 Å². The Morgan fingerprint density at radius 1 is 1.21 bits per heavy atom. The third-order valence-corrected chi connectivity index (χ3v) is 5.19. The van der Waals surface area contributed by atoms with E-state index in [1.54, 1.807) is 23.8 Å². The standard InChI is InChI=1S/C20H19BrF2N4O2/c1-11-5-17(29-10-13-3-4-15(22)6-16(13)23)19(21)20(28)27(11)9-14-8-25-18(7-24)26-12(14)2/h3-6,8H,7,9-10,24H2,1-2H3. The first-order chi connectivity index (χ1) is 13.8. The number of nitrogens with zero attached hydrogens (tertiary/aromatic N) is 3. The van der Waals surface area contributed by atoms with Crippen LogP contribution in [-0.2, 0) is 19.7 Å². The number of halogens is 3. The van der Waals surface area contributed by atoms with Crippen LogP contribution in [0.3, 0.4) is 0 Å². The van der Waals surface area contributed by atoms with Gasteiger partial charge in [-0.05, 0) is 41.9 Å². The number of benzene rings is 1. The normalized spacial score (nSPS) is 11.0. The number of rotatable bonds is 6.